The number of aliphatic hydroxyl groups excluding tert-OH is 1. The van der Waals surface area contributed by atoms with E-state index in [4.69, 9.17) is 16.3 Å². The number of nitrogens with zero attached hydrogens (tertiary/aromatic N) is 1. The Balaban J connectivity index is 0.000000381. The number of hydrogen-bond acceptors (Lipinski definition) is 9. The molecular formula is C41H56ClN3O8. The summed E-state index contributed by atoms with van der Waals surface area (Å²) in [6.45, 7) is 13.5. The summed E-state index contributed by atoms with van der Waals surface area (Å²) in [6, 6.07) is 17.7. The van der Waals surface area contributed by atoms with E-state index in [1.54, 1.807) is 54.7 Å². The van der Waals surface area contributed by atoms with Crippen molar-refractivity contribution < 1.29 is 38.5 Å². The van der Waals surface area contributed by atoms with Gasteiger partial charge in [0.25, 0.3) is 11.8 Å². The number of aromatic nitrogens is 1. The summed E-state index contributed by atoms with van der Waals surface area (Å²) in [5, 5.41) is 16.0. The molecule has 12 heteroatoms. The highest BCUT2D eigenvalue weighted by molar-refractivity contribution is 6.29. The Morgan fingerprint density at radius 1 is 0.698 bits per heavy atom. The van der Waals surface area contributed by atoms with Crippen LogP contribution in [0, 0.1) is 10.8 Å². The Morgan fingerprint density at radius 2 is 1.15 bits per heavy atom. The van der Waals surface area contributed by atoms with Gasteiger partial charge in [-0.05, 0) is 84.0 Å². The van der Waals surface area contributed by atoms with Crippen LogP contribution in [0.15, 0.2) is 66.9 Å². The van der Waals surface area contributed by atoms with Crippen molar-refractivity contribution in [3.05, 3.63) is 94.3 Å². The number of pyridine rings is 1. The number of aliphatic hydroxyl groups is 1. The molecular weight excluding hydrogens is 698 g/mol. The maximum absolute atomic E-state index is 12.3. The van der Waals surface area contributed by atoms with Crippen LogP contribution < -0.4 is 15.4 Å². The summed E-state index contributed by atoms with van der Waals surface area (Å²) in [7, 11) is 2.63. The molecule has 0 radical (unpaired) electrons. The molecule has 3 rings (SSSR count). The second-order valence-electron chi connectivity index (χ2n) is 15.0. The number of amides is 2. The molecule has 53 heavy (non-hydrogen) atoms. The van der Waals surface area contributed by atoms with Crippen molar-refractivity contribution in [2.24, 2.45) is 10.8 Å². The van der Waals surface area contributed by atoms with E-state index in [0.29, 0.717) is 28.5 Å². The maximum Gasteiger partial charge on any atom is 0.307 e. The quantitative estimate of drug-likeness (QED) is 0.0982. The van der Waals surface area contributed by atoms with Crippen LogP contribution in [-0.2, 0) is 19.1 Å². The predicted molar refractivity (Wildman–Crippen MR) is 206 cm³/mol. The maximum atomic E-state index is 12.3. The van der Waals surface area contributed by atoms with E-state index in [0.717, 1.165) is 30.4 Å². The van der Waals surface area contributed by atoms with Gasteiger partial charge in [-0.15, -0.1) is 0 Å². The standard InChI is InChI=1S/C23H29ClN2O4.C18H27NO4/c1-23(2,3)13-11-19(30-18-9-10-20(24)26-15-18)16-5-7-17(8-6-16)22(28)25-14-12-21(27)29-4;1-18(2,3)11-9-15(20)13-5-7-14(8-6-13)17(22)19-12-10-16(21)23-4/h5-10,15,19H,11-14H2,1-4H3,(H,25,28);5-8,15,20H,9-12H2,1-4H3,(H,19,22). The summed E-state index contributed by atoms with van der Waals surface area (Å²) in [6.07, 6.45) is 4.58. The summed E-state index contributed by atoms with van der Waals surface area (Å²) in [5.74, 6) is -0.559. The molecule has 0 saturated carbocycles. The lowest BCUT2D eigenvalue weighted by Crippen LogP contribution is -2.26. The van der Waals surface area contributed by atoms with E-state index in [1.807, 2.05) is 12.1 Å². The molecule has 290 valence electrons. The number of hydrogen-bond donors (Lipinski definition) is 3. The first-order valence-electron chi connectivity index (χ1n) is 17.8. The Hall–Kier alpha value is -4.48. The third kappa shape index (κ3) is 18.2. The number of halogens is 1. The third-order valence-corrected chi connectivity index (χ3v) is 8.31. The minimum atomic E-state index is -0.523. The number of esters is 2. The molecule has 0 spiro atoms. The molecule has 11 nitrogen and oxygen atoms in total. The molecule has 2 amide bonds. The zero-order valence-corrected chi connectivity index (χ0v) is 33.0. The second-order valence-corrected chi connectivity index (χ2v) is 15.4. The van der Waals surface area contributed by atoms with Crippen molar-refractivity contribution in [2.75, 3.05) is 27.3 Å². The van der Waals surface area contributed by atoms with Crippen molar-refractivity contribution in [1.29, 1.82) is 0 Å². The minimum absolute atomic E-state index is 0.137. The van der Waals surface area contributed by atoms with Gasteiger partial charge in [-0.1, -0.05) is 77.4 Å². The van der Waals surface area contributed by atoms with Crippen LogP contribution in [0.4, 0.5) is 0 Å². The fraction of sp³-hybridized carbons (Fsp3) is 0.488. The average molecular weight is 754 g/mol. The molecule has 1 heterocycles. The summed E-state index contributed by atoms with van der Waals surface area (Å²) in [4.78, 5) is 50.4. The van der Waals surface area contributed by atoms with Gasteiger partial charge in [0.05, 0.1) is 39.4 Å². The number of benzene rings is 2. The average Bonchev–Trinajstić information content (AvgIpc) is 3.12. The highest BCUT2D eigenvalue weighted by Gasteiger charge is 2.20. The number of nitrogens with one attached hydrogen (secondary N) is 2. The Morgan fingerprint density at radius 3 is 1.57 bits per heavy atom. The number of rotatable bonds is 16. The van der Waals surface area contributed by atoms with Crippen LogP contribution >= 0.6 is 11.6 Å². The Labute approximate surface area is 319 Å². The predicted octanol–water partition coefficient (Wildman–Crippen LogP) is 7.81. The van der Waals surface area contributed by atoms with Gasteiger partial charge < -0.3 is 30.0 Å². The molecule has 2 atom stereocenters. The lowest BCUT2D eigenvalue weighted by atomic mass is 9.88. The summed E-state index contributed by atoms with van der Waals surface area (Å²) in [5.41, 5.74) is 3.15. The molecule has 0 aliphatic heterocycles. The van der Waals surface area contributed by atoms with E-state index in [2.05, 4.69) is 66.6 Å². The third-order valence-electron chi connectivity index (χ3n) is 8.09. The molecule has 0 aliphatic rings. The van der Waals surface area contributed by atoms with Crippen molar-refractivity contribution in [2.45, 2.75) is 92.3 Å². The number of carbonyl (C=O) groups is 4. The summed E-state index contributed by atoms with van der Waals surface area (Å²) >= 11 is 5.86. The minimum Gasteiger partial charge on any atom is -0.484 e. The second kappa shape index (κ2) is 21.9. The first-order valence-corrected chi connectivity index (χ1v) is 18.1. The SMILES string of the molecule is COC(=O)CCNC(=O)c1ccc(C(CCC(C)(C)C)Oc2ccc(Cl)nc2)cc1.COC(=O)CCNC(=O)c1ccc(C(O)CCC(C)(C)C)cc1. The van der Waals surface area contributed by atoms with Crippen molar-refractivity contribution in [3.8, 4) is 5.75 Å². The van der Waals surface area contributed by atoms with Crippen LogP contribution in [0.5, 0.6) is 5.75 Å². The van der Waals surface area contributed by atoms with Gasteiger partial charge >= 0.3 is 11.9 Å². The number of ether oxygens (including phenoxy) is 3. The van der Waals surface area contributed by atoms with Crippen molar-refractivity contribution >= 4 is 35.4 Å². The fourth-order valence-electron chi connectivity index (χ4n) is 4.86. The highest BCUT2D eigenvalue weighted by Crippen LogP contribution is 2.32. The van der Waals surface area contributed by atoms with Gasteiger partial charge in [0.1, 0.15) is 17.0 Å². The molecule has 0 fully saturated rings. The lowest BCUT2D eigenvalue weighted by molar-refractivity contribution is -0.141. The van der Waals surface area contributed by atoms with E-state index >= 15 is 0 Å². The van der Waals surface area contributed by atoms with E-state index < -0.39 is 6.10 Å². The van der Waals surface area contributed by atoms with Crippen LogP contribution in [0.25, 0.3) is 0 Å². The fourth-order valence-corrected chi connectivity index (χ4v) is 4.97. The first kappa shape index (κ1) is 44.7. The summed E-state index contributed by atoms with van der Waals surface area (Å²) < 4.78 is 15.3. The first-order chi connectivity index (χ1) is 24.9. The van der Waals surface area contributed by atoms with Crippen molar-refractivity contribution in [3.63, 3.8) is 0 Å². The zero-order chi connectivity index (χ0) is 39.6. The Kier molecular flexibility index (Phi) is 18.5. The van der Waals surface area contributed by atoms with Crippen LogP contribution in [0.3, 0.4) is 0 Å². The molecule has 2 unspecified atom stereocenters. The number of carbonyl (C=O) groups excluding carboxylic acids is 4. The van der Waals surface area contributed by atoms with Crippen LogP contribution in [-0.4, -0.2) is 61.2 Å². The van der Waals surface area contributed by atoms with Crippen LogP contribution in [0.2, 0.25) is 5.15 Å². The monoisotopic (exact) mass is 753 g/mol. The van der Waals surface area contributed by atoms with Gasteiger partial charge in [0.15, 0.2) is 0 Å². The Bertz CT molecular complexity index is 1580. The molecule has 0 saturated heterocycles. The highest BCUT2D eigenvalue weighted by atomic mass is 35.5. The van der Waals surface area contributed by atoms with Gasteiger partial charge in [0.2, 0.25) is 0 Å². The van der Waals surface area contributed by atoms with Crippen LogP contribution in [0.1, 0.15) is 124 Å². The van der Waals surface area contributed by atoms with Gasteiger partial charge in [-0.2, -0.15) is 0 Å². The molecule has 1 aromatic heterocycles. The van der Waals surface area contributed by atoms with E-state index in [1.165, 1.54) is 14.2 Å². The smallest absolute Gasteiger partial charge is 0.307 e. The van der Waals surface area contributed by atoms with Gasteiger partial charge in [-0.25, -0.2) is 4.98 Å². The lowest BCUT2D eigenvalue weighted by Gasteiger charge is -2.24. The normalized spacial score (nSPS) is 12.3. The van der Waals surface area contributed by atoms with E-state index in [-0.39, 0.29) is 66.6 Å². The largest absolute Gasteiger partial charge is 0.484 e. The topological polar surface area (TPSA) is 153 Å². The van der Waals surface area contributed by atoms with Gasteiger partial charge in [-0.3, -0.25) is 19.2 Å². The molecule has 2 aromatic carbocycles. The molecule has 3 aromatic rings. The molecule has 0 bridgehead atoms. The van der Waals surface area contributed by atoms with E-state index in [9.17, 15) is 24.3 Å². The van der Waals surface area contributed by atoms with Crippen molar-refractivity contribution in [1.82, 2.24) is 15.6 Å². The van der Waals surface area contributed by atoms with Gasteiger partial charge in [0, 0.05) is 24.2 Å². The molecule has 0 aliphatic carbocycles. The molecule has 3 N–H and O–H groups in total. The zero-order valence-electron chi connectivity index (χ0n) is 32.3. The number of methoxy groups -OCH3 is 2.